The third-order valence-electron chi connectivity index (χ3n) is 3.35. The van der Waals surface area contributed by atoms with Crippen molar-refractivity contribution in [2.45, 2.75) is 32.1 Å². The number of hydrogen-bond donors (Lipinski definition) is 0. The Morgan fingerprint density at radius 1 is 1.53 bits per heavy atom. The number of ether oxygens (including phenoxy) is 1. The molecule has 1 atom stereocenters. The molecular formula is C16H17NO2. The second-order valence-electron chi connectivity index (χ2n) is 4.56. The molecule has 0 spiro atoms. The van der Waals surface area contributed by atoms with Gasteiger partial charge >= 0.3 is 5.97 Å². The van der Waals surface area contributed by atoms with Gasteiger partial charge in [0.25, 0.3) is 0 Å². The molecule has 3 nitrogen and oxygen atoms in total. The van der Waals surface area contributed by atoms with Crippen molar-refractivity contribution in [1.29, 1.82) is 5.26 Å². The van der Waals surface area contributed by atoms with Crippen LogP contribution >= 0.6 is 0 Å². The molecule has 1 aliphatic carbocycles. The maximum atomic E-state index is 12.0. The molecule has 0 amide bonds. The summed E-state index contributed by atoms with van der Waals surface area (Å²) in [6, 6.07) is 7.44. The molecule has 0 fully saturated rings. The molecular weight excluding hydrogens is 238 g/mol. The fourth-order valence-electron chi connectivity index (χ4n) is 2.50. The van der Waals surface area contributed by atoms with E-state index < -0.39 is 0 Å². The van der Waals surface area contributed by atoms with Gasteiger partial charge in [-0.3, -0.25) is 0 Å². The van der Waals surface area contributed by atoms with Gasteiger partial charge in [-0.1, -0.05) is 18.2 Å². The van der Waals surface area contributed by atoms with E-state index in [1.165, 1.54) is 0 Å². The summed E-state index contributed by atoms with van der Waals surface area (Å²) in [5.41, 5.74) is 1.92. The Morgan fingerprint density at radius 2 is 2.37 bits per heavy atom. The van der Waals surface area contributed by atoms with Crippen LogP contribution < -0.4 is 0 Å². The Hall–Kier alpha value is -2.08. The summed E-state index contributed by atoms with van der Waals surface area (Å²) < 4.78 is 5.09. The molecule has 1 aromatic carbocycles. The smallest absolute Gasteiger partial charge is 0.338 e. The van der Waals surface area contributed by atoms with Crippen LogP contribution in [0.15, 0.2) is 30.4 Å². The van der Waals surface area contributed by atoms with Gasteiger partial charge in [0.2, 0.25) is 0 Å². The normalized spacial score (nSPS) is 17.8. The summed E-state index contributed by atoms with van der Waals surface area (Å²) in [6.07, 6.45) is 7.35. The van der Waals surface area contributed by atoms with Crippen molar-refractivity contribution < 1.29 is 9.53 Å². The second kappa shape index (κ2) is 6.19. The highest BCUT2D eigenvalue weighted by atomic mass is 16.5. The van der Waals surface area contributed by atoms with Crippen molar-refractivity contribution in [2.75, 3.05) is 6.61 Å². The summed E-state index contributed by atoms with van der Waals surface area (Å²) in [5.74, 6) is -0.197. The number of esters is 1. The molecule has 98 valence electrons. The van der Waals surface area contributed by atoms with Gasteiger partial charge in [0.15, 0.2) is 0 Å². The van der Waals surface area contributed by atoms with Crippen LogP contribution in [0.5, 0.6) is 0 Å². The minimum absolute atomic E-state index is 0.143. The van der Waals surface area contributed by atoms with E-state index >= 15 is 0 Å². The molecule has 0 saturated heterocycles. The van der Waals surface area contributed by atoms with E-state index in [0.29, 0.717) is 17.7 Å². The number of allylic oxidation sites excluding steroid dienone is 2. The number of nitriles is 1. The van der Waals surface area contributed by atoms with Gasteiger partial charge in [0, 0.05) is 5.92 Å². The zero-order valence-corrected chi connectivity index (χ0v) is 11.1. The number of hydrogen-bond acceptors (Lipinski definition) is 3. The Balaban J connectivity index is 2.48. The van der Waals surface area contributed by atoms with Crippen molar-refractivity contribution in [3.05, 3.63) is 47.0 Å². The highest BCUT2D eigenvalue weighted by molar-refractivity contribution is 5.92. The molecule has 0 N–H and O–H groups in total. The number of carbonyl (C=O) groups is 1. The van der Waals surface area contributed by atoms with Crippen LogP contribution in [-0.2, 0) is 4.74 Å². The second-order valence-corrected chi connectivity index (χ2v) is 4.56. The molecule has 1 aromatic rings. The molecule has 0 heterocycles. The zero-order chi connectivity index (χ0) is 13.7. The quantitative estimate of drug-likeness (QED) is 0.613. The van der Waals surface area contributed by atoms with E-state index in [1.54, 1.807) is 25.1 Å². The first-order valence-electron chi connectivity index (χ1n) is 6.64. The Morgan fingerprint density at radius 3 is 3.00 bits per heavy atom. The first-order chi connectivity index (χ1) is 9.27. The van der Waals surface area contributed by atoms with E-state index in [1.807, 2.05) is 0 Å². The molecule has 19 heavy (non-hydrogen) atoms. The van der Waals surface area contributed by atoms with Crippen LogP contribution in [0.4, 0.5) is 0 Å². The predicted octanol–water partition coefficient (Wildman–Crippen LogP) is 3.56. The first-order valence-corrected chi connectivity index (χ1v) is 6.64. The monoisotopic (exact) mass is 255 g/mol. The summed E-state index contributed by atoms with van der Waals surface area (Å²) in [6.45, 7) is 2.13. The van der Waals surface area contributed by atoms with Gasteiger partial charge in [0.05, 0.1) is 23.8 Å². The average molecular weight is 255 g/mol. The summed E-state index contributed by atoms with van der Waals surface area (Å²) >= 11 is 0. The average Bonchev–Trinajstić information content (AvgIpc) is 2.47. The SMILES string of the molecule is CCOC(=O)c1cccc(C#N)c1C1C=CCCC1. The Labute approximate surface area is 113 Å². The third kappa shape index (κ3) is 2.85. The lowest BCUT2D eigenvalue weighted by Gasteiger charge is -2.20. The Kier molecular flexibility index (Phi) is 4.35. The van der Waals surface area contributed by atoms with Crippen molar-refractivity contribution in [2.24, 2.45) is 0 Å². The third-order valence-corrected chi connectivity index (χ3v) is 3.35. The van der Waals surface area contributed by atoms with E-state index in [0.717, 1.165) is 24.8 Å². The lowest BCUT2D eigenvalue weighted by Crippen LogP contribution is -2.13. The van der Waals surface area contributed by atoms with Crippen molar-refractivity contribution in [3.8, 4) is 6.07 Å². The number of carbonyl (C=O) groups excluding carboxylic acids is 1. The van der Waals surface area contributed by atoms with Crippen LogP contribution in [0.1, 0.15) is 53.6 Å². The Bertz CT molecular complexity index is 540. The molecule has 2 rings (SSSR count). The van der Waals surface area contributed by atoms with Gasteiger partial charge in [-0.05, 0) is 43.9 Å². The lowest BCUT2D eigenvalue weighted by atomic mass is 9.84. The number of nitrogens with zero attached hydrogens (tertiary/aromatic N) is 1. The molecule has 0 saturated carbocycles. The largest absolute Gasteiger partial charge is 0.462 e. The highest BCUT2D eigenvalue weighted by Crippen LogP contribution is 2.32. The fraction of sp³-hybridized carbons (Fsp3) is 0.375. The zero-order valence-electron chi connectivity index (χ0n) is 11.1. The van der Waals surface area contributed by atoms with E-state index in [2.05, 4.69) is 18.2 Å². The molecule has 0 bridgehead atoms. The summed E-state index contributed by atoms with van der Waals surface area (Å²) in [7, 11) is 0. The first kappa shape index (κ1) is 13.4. The van der Waals surface area contributed by atoms with Crippen molar-refractivity contribution >= 4 is 5.97 Å². The van der Waals surface area contributed by atoms with Crippen molar-refractivity contribution in [1.82, 2.24) is 0 Å². The minimum Gasteiger partial charge on any atom is -0.462 e. The van der Waals surface area contributed by atoms with Gasteiger partial charge in [-0.15, -0.1) is 0 Å². The van der Waals surface area contributed by atoms with Gasteiger partial charge in [0.1, 0.15) is 0 Å². The molecule has 3 heteroatoms. The molecule has 0 radical (unpaired) electrons. The van der Waals surface area contributed by atoms with E-state index in [4.69, 9.17) is 4.74 Å². The maximum absolute atomic E-state index is 12.0. The van der Waals surface area contributed by atoms with E-state index in [9.17, 15) is 10.1 Å². The topological polar surface area (TPSA) is 50.1 Å². The van der Waals surface area contributed by atoms with Gasteiger partial charge in [-0.2, -0.15) is 5.26 Å². The van der Waals surface area contributed by atoms with Crippen molar-refractivity contribution in [3.63, 3.8) is 0 Å². The summed E-state index contributed by atoms with van der Waals surface area (Å²) in [4.78, 5) is 12.0. The lowest BCUT2D eigenvalue weighted by molar-refractivity contribution is 0.0524. The molecule has 0 aliphatic heterocycles. The summed E-state index contributed by atoms with van der Waals surface area (Å²) in [5, 5.41) is 9.26. The van der Waals surface area contributed by atoms with Crippen LogP contribution in [0.3, 0.4) is 0 Å². The van der Waals surface area contributed by atoms with Gasteiger partial charge < -0.3 is 4.74 Å². The highest BCUT2D eigenvalue weighted by Gasteiger charge is 2.22. The number of benzene rings is 1. The van der Waals surface area contributed by atoms with Gasteiger partial charge in [-0.25, -0.2) is 4.79 Å². The maximum Gasteiger partial charge on any atom is 0.338 e. The van der Waals surface area contributed by atoms with Crippen LogP contribution in [0.2, 0.25) is 0 Å². The molecule has 0 aromatic heterocycles. The number of rotatable bonds is 3. The van der Waals surface area contributed by atoms with E-state index in [-0.39, 0.29) is 11.9 Å². The fourth-order valence-corrected chi connectivity index (χ4v) is 2.50. The molecule has 1 unspecified atom stereocenters. The molecule has 1 aliphatic rings. The predicted molar refractivity (Wildman–Crippen MR) is 72.8 cm³/mol. The van der Waals surface area contributed by atoms with Crippen LogP contribution in [0, 0.1) is 11.3 Å². The van der Waals surface area contributed by atoms with Crippen LogP contribution in [0.25, 0.3) is 0 Å². The van der Waals surface area contributed by atoms with Crippen LogP contribution in [-0.4, -0.2) is 12.6 Å². The standard InChI is InChI=1S/C16H17NO2/c1-2-19-16(18)14-10-6-9-13(11-17)15(14)12-7-4-3-5-8-12/h4,6-7,9-10,12H,2-3,5,8H2,1H3. The minimum atomic E-state index is -0.339.